The van der Waals surface area contributed by atoms with Crippen LogP contribution >= 0.6 is 0 Å². The Morgan fingerprint density at radius 3 is 2.75 bits per heavy atom. The second kappa shape index (κ2) is 5.79. The van der Waals surface area contributed by atoms with Gasteiger partial charge in [0.15, 0.2) is 0 Å². The van der Waals surface area contributed by atoms with Crippen molar-refractivity contribution in [3.05, 3.63) is 46.4 Å². The zero-order valence-corrected chi connectivity index (χ0v) is 13.6. The molecule has 1 aliphatic heterocycles. The number of carbonyl (C=O) groups is 1. The number of rotatable bonds is 1. The number of H-pyrrole nitrogens is 1. The van der Waals surface area contributed by atoms with E-state index in [4.69, 9.17) is 0 Å². The minimum atomic E-state index is -0.123. The van der Waals surface area contributed by atoms with Crippen molar-refractivity contribution in [2.24, 2.45) is 7.05 Å². The summed E-state index contributed by atoms with van der Waals surface area (Å²) in [5.74, 6) is 0.0160. The van der Waals surface area contributed by atoms with Crippen LogP contribution in [0.3, 0.4) is 0 Å². The first-order valence-electron chi connectivity index (χ1n) is 8.27. The van der Waals surface area contributed by atoms with Crippen LogP contribution in [0, 0.1) is 0 Å². The van der Waals surface area contributed by atoms with E-state index in [2.05, 4.69) is 10.3 Å². The van der Waals surface area contributed by atoms with E-state index in [1.165, 1.54) is 0 Å². The predicted octanol–water partition coefficient (Wildman–Crippen LogP) is 1.46. The summed E-state index contributed by atoms with van der Waals surface area (Å²) in [5.41, 5.74) is 2.08. The lowest BCUT2D eigenvalue weighted by Crippen LogP contribution is -2.35. The standard InChI is InChI=1S/C18H20N4O2/c1-21-15(18(24)22-9-4-7-19-8-10-22)11-14-16(21)12-5-2-3-6-13(12)17(23)20-14/h2-3,5-6,11,19H,4,7-10H2,1H3,(H,20,23). The Balaban J connectivity index is 1.88. The fourth-order valence-corrected chi connectivity index (χ4v) is 3.52. The number of benzene rings is 1. The molecule has 0 unspecified atom stereocenters. The largest absolute Gasteiger partial charge is 0.338 e. The van der Waals surface area contributed by atoms with Gasteiger partial charge < -0.3 is 19.8 Å². The number of nitrogens with zero attached hydrogens (tertiary/aromatic N) is 2. The number of aromatic nitrogens is 2. The van der Waals surface area contributed by atoms with Crippen LogP contribution in [-0.2, 0) is 7.05 Å². The van der Waals surface area contributed by atoms with Gasteiger partial charge in [0.25, 0.3) is 11.5 Å². The topological polar surface area (TPSA) is 70.1 Å². The number of pyridine rings is 1. The average molecular weight is 324 g/mol. The van der Waals surface area contributed by atoms with E-state index >= 15 is 0 Å². The molecule has 0 radical (unpaired) electrons. The summed E-state index contributed by atoms with van der Waals surface area (Å²) in [6.07, 6.45) is 0.954. The maximum atomic E-state index is 12.9. The maximum absolute atomic E-state index is 12.9. The molecule has 1 aromatic carbocycles. The molecule has 0 spiro atoms. The summed E-state index contributed by atoms with van der Waals surface area (Å²) in [6, 6.07) is 9.29. The Kier molecular flexibility index (Phi) is 3.61. The quantitative estimate of drug-likeness (QED) is 0.712. The van der Waals surface area contributed by atoms with Crippen LogP contribution in [0.2, 0.25) is 0 Å². The van der Waals surface area contributed by atoms with Gasteiger partial charge in [-0.3, -0.25) is 9.59 Å². The van der Waals surface area contributed by atoms with Gasteiger partial charge in [-0.25, -0.2) is 0 Å². The Morgan fingerprint density at radius 1 is 1.12 bits per heavy atom. The molecule has 24 heavy (non-hydrogen) atoms. The van der Waals surface area contributed by atoms with Crippen molar-refractivity contribution >= 4 is 27.7 Å². The van der Waals surface area contributed by atoms with Crippen LogP contribution in [0.4, 0.5) is 0 Å². The first kappa shape index (κ1) is 15.0. The van der Waals surface area contributed by atoms with Gasteiger partial charge in [0.05, 0.1) is 11.0 Å². The van der Waals surface area contributed by atoms with Crippen molar-refractivity contribution in [1.82, 2.24) is 19.8 Å². The number of aryl methyl sites for hydroxylation is 1. The summed E-state index contributed by atoms with van der Waals surface area (Å²) in [7, 11) is 1.89. The highest BCUT2D eigenvalue weighted by Crippen LogP contribution is 2.24. The molecular weight excluding hydrogens is 304 g/mol. The van der Waals surface area contributed by atoms with Crippen molar-refractivity contribution in [1.29, 1.82) is 0 Å². The smallest absolute Gasteiger partial charge is 0.270 e. The van der Waals surface area contributed by atoms with Gasteiger partial charge in [0, 0.05) is 37.5 Å². The summed E-state index contributed by atoms with van der Waals surface area (Å²) < 4.78 is 1.90. The zero-order valence-electron chi connectivity index (χ0n) is 13.6. The van der Waals surface area contributed by atoms with Crippen LogP contribution in [0.5, 0.6) is 0 Å². The summed E-state index contributed by atoms with van der Waals surface area (Å²) in [6.45, 7) is 3.22. The Morgan fingerprint density at radius 2 is 1.92 bits per heavy atom. The third-order valence-corrected chi connectivity index (χ3v) is 4.75. The minimum Gasteiger partial charge on any atom is -0.338 e. The SMILES string of the molecule is Cn1c(C(=O)N2CCCNCC2)cc2[nH]c(=O)c3ccccc3c21. The molecule has 1 aliphatic rings. The van der Waals surface area contributed by atoms with Gasteiger partial charge in [-0.1, -0.05) is 18.2 Å². The zero-order chi connectivity index (χ0) is 16.7. The number of amides is 1. The van der Waals surface area contributed by atoms with Gasteiger partial charge in [-0.2, -0.15) is 0 Å². The third kappa shape index (κ3) is 2.30. The lowest BCUT2D eigenvalue weighted by molar-refractivity contribution is 0.0757. The van der Waals surface area contributed by atoms with Crippen LogP contribution < -0.4 is 10.9 Å². The molecule has 0 bridgehead atoms. The van der Waals surface area contributed by atoms with E-state index in [0.29, 0.717) is 23.1 Å². The molecule has 2 aromatic heterocycles. The number of fused-ring (bicyclic) bond motifs is 3. The molecule has 0 aliphatic carbocycles. The second-order valence-electron chi connectivity index (χ2n) is 6.25. The van der Waals surface area contributed by atoms with Crippen molar-refractivity contribution < 1.29 is 4.79 Å². The fraction of sp³-hybridized carbons (Fsp3) is 0.333. The lowest BCUT2D eigenvalue weighted by Gasteiger charge is -2.20. The first-order valence-corrected chi connectivity index (χ1v) is 8.27. The molecule has 6 nitrogen and oxygen atoms in total. The van der Waals surface area contributed by atoms with Gasteiger partial charge in [0.1, 0.15) is 5.69 Å². The minimum absolute atomic E-state index is 0.0160. The monoisotopic (exact) mass is 324 g/mol. The Hall–Kier alpha value is -2.60. The van der Waals surface area contributed by atoms with E-state index in [1.54, 1.807) is 6.07 Å². The van der Waals surface area contributed by atoms with Crippen LogP contribution in [0.1, 0.15) is 16.9 Å². The average Bonchev–Trinajstić information content (AvgIpc) is 2.78. The third-order valence-electron chi connectivity index (χ3n) is 4.75. The highest BCUT2D eigenvalue weighted by atomic mass is 16.2. The molecule has 1 saturated heterocycles. The predicted molar refractivity (Wildman–Crippen MR) is 94.4 cm³/mol. The van der Waals surface area contributed by atoms with E-state index in [0.717, 1.165) is 37.0 Å². The summed E-state index contributed by atoms with van der Waals surface area (Å²) in [5, 5.41) is 4.82. The number of hydrogen-bond donors (Lipinski definition) is 2. The van der Waals surface area contributed by atoms with Gasteiger partial charge in [-0.05, 0) is 25.1 Å². The van der Waals surface area contributed by atoms with Gasteiger partial charge >= 0.3 is 0 Å². The molecule has 3 aromatic rings. The summed E-state index contributed by atoms with van der Waals surface area (Å²) >= 11 is 0. The lowest BCUT2D eigenvalue weighted by atomic mass is 10.1. The summed E-state index contributed by atoms with van der Waals surface area (Å²) in [4.78, 5) is 30.0. The molecule has 4 rings (SSSR count). The van der Waals surface area contributed by atoms with Gasteiger partial charge in [0.2, 0.25) is 0 Å². The van der Waals surface area contributed by atoms with E-state index in [-0.39, 0.29) is 11.5 Å². The van der Waals surface area contributed by atoms with Crippen LogP contribution in [0.15, 0.2) is 35.1 Å². The first-order chi connectivity index (χ1) is 11.7. The molecular formula is C18H20N4O2. The molecule has 6 heteroatoms. The van der Waals surface area contributed by atoms with E-state index < -0.39 is 0 Å². The van der Waals surface area contributed by atoms with Crippen molar-refractivity contribution in [2.45, 2.75) is 6.42 Å². The highest BCUT2D eigenvalue weighted by Gasteiger charge is 2.22. The number of aromatic amines is 1. The van der Waals surface area contributed by atoms with E-state index in [9.17, 15) is 9.59 Å². The highest BCUT2D eigenvalue weighted by molar-refractivity contribution is 6.07. The number of carbonyl (C=O) groups excluding carboxylic acids is 1. The second-order valence-corrected chi connectivity index (χ2v) is 6.25. The molecule has 3 heterocycles. The van der Waals surface area contributed by atoms with Crippen molar-refractivity contribution in [3.63, 3.8) is 0 Å². The Labute approximate surface area is 139 Å². The molecule has 1 amide bonds. The van der Waals surface area contributed by atoms with Crippen molar-refractivity contribution in [3.8, 4) is 0 Å². The molecule has 124 valence electrons. The van der Waals surface area contributed by atoms with Gasteiger partial charge in [-0.15, -0.1) is 0 Å². The molecule has 0 saturated carbocycles. The number of hydrogen-bond acceptors (Lipinski definition) is 3. The van der Waals surface area contributed by atoms with Crippen LogP contribution in [0.25, 0.3) is 21.8 Å². The Bertz CT molecular complexity index is 978. The number of nitrogens with one attached hydrogen (secondary N) is 2. The molecule has 0 atom stereocenters. The molecule has 2 N–H and O–H groups in total. The van der Waals surface area contributed by atoms with Crippen LogP contribution in [-0.4, -0.2) is 46.5 Å². The fourth-order valence-electron chi connectivity index (χ4n) is 3.52. The van der Waals surface area contributed by atoms with Crippen molar-refractivity contribution in [2.75, 3.05) is 26.2 Å². The van der Waals surface area contributed by atoms with E-state index in [1.807, 2.05) is 40.8 Å². The maximum Gasteiger partial charge on any atom is 0.270 e. The normalized spacial score (nSPS) is 15.8. The molecule has 1 fully saturated rings.